The van der Waals surface area contributed by atoms with Crippen molar-refractivity contribution in [2.24, 2.45) is 0 Å². The highest BCUT2D eigenvalue weighted by atomic mass is 16.4. The monoisotopic (exact) mass is 437 g/mol. The average molecular weight is 438 g/mol. The molecule has 6 heteroatoms. The van der Waals surface area contributed by atoms with Gasteiger partial charge in [-0.25, -0.2) is 9.78 Å². The lowest BCUT2D eigenvalue weighted by molar-refractivity contribution is -0.0708. The number of piperidine rings is 2. The second kappa shape index (κ2) is 8.62. The Balaban J connectivity index is 1.52. The lowest BCUT2D eigenvalue weighted by atomic mass is 9.74. The molecular formula is C26H35N3O3. The quantitative estimate of drug-likeness (QED) is 0.718. The number of nitrogens with zero attached hydrogens (tertiary/aromatic N) is 3. The van der Waals surface area contributed by atoms with Crippen LogP contribution in [0.2, 0.25) is 0 Å². The van der Waals surface area contributed by atoms with Crippen molar-refractivity contribution in [3.63, 3.8) is 0 Å². The van der Waals surface area contributed by atoms with Crippen LogP contribution in [0, 0.1) is 0 Å². The predicted octanol–water partition coefficient (Wildman–Crippen LogP) is 5.16. The number of fused-ring (bicyclic) bond motifs is 3. The minimum Gasteiger partial charge on any atom is -0.476 e. The van der Waals surface area contributed by atoms with E-state index in [1.54, 1.807) is 4.57 Å². The normalized spacial score (nSPS) is 28.7. The Morgan fingerprint density at radius 2 is 1.59 bits per heavy atom. The molecule has 2 aliphatic heterocycles. The van der Waals surface area contributed by atoms with E-state index in [2.05, 4.69) is 16.8 Å². The van der Waals surface area contributed by atoms with Crippen LogP contribution < -0.4 is 5.56 Å². The van der Waals surface area contributed by atoms with Crippen LogP contribution in [0.3, 0.4) is 0 Å². The first-order valence-electron chi connectivity index (χ1n) is 12.5. The Bertz CT molecular complexity index is 1040. The van der Waals surface area contributed by atoms with Gasteiger partial charge in [0.15, 0.2) is 0 Å². The Labute approximate surface area is 189 Å². The summed E-state index contributed by atoms with van der Waals surface area (Å²) in [5.74, 6) is -1.24. The number of hydrogen-bond donors (Lipinski definition) is 1. The molecule has 3 heterocycles. The van der Waals surface area contributed by atoms with Gasteiger partial charge in [-0.1, -0.05) is 50.7 Å². The largest absolute Gasteiger partial charge is 0.476 e. The maximum atomic E-state index is 13.3. The zero-order chi connectivity index (χ0) is 22.3. The molecule has 3 fully saturated rings. The first-order valence-corrected chi connectivity index (χ1v) is 12.5. The fraction of sp³-hybridized carbons (Fsp3) is 0.654. The highest BCUT2D eigenvalue weighted by molar-refractivity contribution is 5.88. The Morgan fingerprint density at radius 3 is 2.25 bits per heavy atom. The Kier molecular flexibility index (Phi) is 5.82. The van der Waals surface area contributed by atoms with E-state index >= 15 is 0 Å². The molecule has 1 aromatic heterocycles. The number of benzene rings is 1. The third-order valence-electron chi connectivity index (χ3n) is 8.37. The predicted molar refractivity (Wildman–Crippen MR) is 125 cm³/mol. The molecule has 0 spiro atoms. The second-order valence-corrected chi connectivity index (χ2v) is 10.5. The SMILES string of the molecule is CC1(N2[C@@H]3CCC[C@H]2CC(n2c(=O)c(C(=O)O)nc4ccccc42)C3)CCCCCCC1. The van der Waals surface area contributed by atoms with Crippen LogP contribution in [0.5, 0.6) is 0 Å². The summed E-state index contributed by atoms with van der Waals surface area (Å²) in [7, 11) is 0. The van der Waals surface area contributed by atoms with Gasteiger partial charge in [0.25, 0.3) is 5.56 Å². The van der Waals surface area contributed by atoms with Crippen molar-refractivity contribution >= 4 is 17.0 Å². The van der Waals surface area contributed by atoms with E-state index in [1.807, 2.05) is 24.3 Å². The van der Waals surface area contributed by atoms with E-state index in [4.69, 9.17) is 0 Å². The Morgan fingerprint density at radius 1 is 0.969 bits per heavy atom. The molecule has 2 saturated heterocycles. The third-order valence-corrected chi connectivity index (χ3v) is 8.37. The van der Waals surface area contributed by atoms with Crippen molar-refractivity contribution in [3.05, 3.63) is 40.3 Å². The number of carboxylic acids is 1. The number of carbonyl (C=O) groups is 1. The molecule has 0 radical (unpaired) electrons. The molecule has 1 saturated carbocycles. The minimum atomic E-state index is -1.24. The fourth-order valence-electron chi connectivity index (χ4n) is 7.03. The van der Waals surface area contributed by atoms with Gasteiger partial charge < -0.3 is 9.67 Å². The molecular weight excluding hydrogens is 402 g/mol. The molecule has 1 unspecified atom stereocenters. The van der Waals surface area contributed by atoms with Crippen LogP contribution in [0.4, 0.5) is 0 Å². The molecule has 2 bridgehead atoms. The lowest BCUT2D eigenvalue weighted by Crippen LogP contribution is -2.62. The molecule has 1 aliphatic carbocycles. The lowest BCUT2D eigenvalue weighted by Gasteiger charge is -2.57. The van der Waals surface area contributed by atoms with Gasteiger partial charge in [-0.05, 0) is 57.6 Å². The molecule has 3 aliphatic rings. The first kappa shape index (κ1) is 21.6. The summed E-state index contributed by atoms with van der Waals surface area (Å²) >= 11 is 0. The van der Waals surface area contributed by atoms with E-state index in [1.165, 1.54) is 64.2 Å². The van der Waals surface area contributed by atoms with E-state index in [9.17, 15) is 14.7 Å². The maximum absolute atomic E-state index is 13.3. The number of carboxylic acid groups (broad SMARTS) is 1. The molecule has 1 aromatic carbocycles. The average Bonchev–Trinajstić information content (AvgIpc) is 2.75. The van der Waals surface area contributed by atoms with E-state index < -0.39 is 11.5 Å². The van der Waals surface area contributed by atoms with Crippen LogP contribution in [0.25, 0.3) is 11.0 Å². The van der Waals surface area contributed by atoms with Gasteiger partial charge in [0.1, 0.15) is 0 Å². The van der Waals surface area contributed by atoms with Crippen LogP contribution >= 0.6 is 0 Å². The summed E-state index contributed by atoms with van der Waals surface area (Å²) in [4.78, 5) is 32.1. The zero-order valence-corrected chi connectivity index (χ0v) is 19.1. The standard InChI is InChI=1S/C26H35N3O3/c1-26(14-7-3-2-4-8-15-26)29-18-10-9-11-19(29)17-20(16-18)28-22-13-6-5-12-21(22)27-23(24(28)30)25(31)32/h5-6,12-13,18-20H,2-4,7-11,14-17H2,1H3,(H,31,32)/t18-,19+,20?. The van der Waals surface area contributed by atoms with Crippen LogP contribution in [0.1, 0.15) is 101 Å². The molecule has 0 amide bonds. The smallest absolute Gasteiger partial charge is 0.360 e. The Hall–Kier alpha value is -2.21. The first-order chi connectivity index (χ1) is 15.5. The molecule has 1 N–H and O–H groups in total. The van der Waals surface area contributed by atoms with E-state index in [-0.39, 0.29) is 17.3 Å². The van der Waals surface area contributed by atoms with Crippen molar-refractivity contribution in [1.29, 1.82) is 0 Å². The van der Waals surface area contributed by atoms with Crippen molar-refractivity contribution in [1.82, 2.24) is 14.5 Å². The van der Waals surface area contributed by atoms with Crippen molar-refractivity contribution in [2.75, 3.05) is 0 Å². The van der Waals surface area contributed by atoms with Gasteiger partial charge >= 0.3 is 5.97 Å². The summed E-state index contributed by atoms with van der Waals surface area (Å²) in [5.41, 5.74) is 0.784. The fourth-order valence-corrected chi connectivity index (χ4v) is 7.03. The number of aromatic nitrogens is 2. The molecule has 5 rings (SSSR count). The van der Waals surface area contributed by atoms with Gasteiger partial charge in [-0.2, -0.15) is 0 Å². The minimum absolute atomic E-state index is 0.0252. The molecule has 2 aromatic rings. The second-order valence-electron chi connectivity index (χ2n) is 10.5. The van der Waals surface area contributed by atoms with Gasteiger partial charge in [0.2, 0.25) is 5.69 Å². The van der Waals surface area contributed by atoms with Crippen molar-refractivity contribution in [2.45, 2.75) is 108 Å². The highest BCUT2D eigenvalue weighted by Crippen LogP contribution is 2.46. The molecule has 6 nitrogen and oxygen atoms in total. The highest BCUT2D eigenvalue weighted by Gasteiger charge is 2.47. The topological polar surface area (TPSA) is 75.4 Å². The van der Waals surface area contributed by atoms with Crippen molar-refractivity contribution < 1.29 is 9.90 Å². The molecule has 32 heavy (non-hydrogen) atoms. The van der Waals surface area contributed by atoms with Gasteiger partial charge in [-0.15, -0.1) is 0 Å². The summed E-state index contributed by atoms with van der Waals surface area (Å²) in [5, 5.41) is 9.62. The molecule has 3 atom stereocenters. The van der Waals surface area contributed by atoms with Crippen LogP contribution in [-0.2, 0) is 0 Å². The number of para-hydroxylation sites is 2. The van der Waals surface area contributed by atoms with Gasteiger partial charge in [0.05, 0.1) is 11.0 Å². The summed E-state index contributed by atoms with van der Waals surface area (Å²) in [6.45, 7) is 2.49. The summed E-state index contributed by atoms with van der Waals surface area (Å²) in [6.07, 6.45) is 14.7. The van der Waals surface area contributed by atoms with Crippen LogP contribution in [0.15, 0.2) is 29.1 Å². The number of aromatic carboxylic acids is 1. The molecule has 172 valence electrons. The van der Waals surface area contributed by atoms with Crippen LogP contribution in [-0.4, -0.2) is 43.1 Å². The summed E-state index contributed by atoms with van der Waals surface area (Å²) in [6, 6.07) is 8.43. The number of hydrogen-bond acceptors (Lipinski definition) is 4. The van der Waals surface area contributed by atoms with E-state index in [0.717, 1.165) is 18.4 Å². The zero-order valence-electron chi connectivity index (χ0n) is 19.1. The maximum Gasteiger partial charge on any atom is 0.360 e. The van der Waals surface area contributed by atoms with Gasteiger partial charge in [0, 0.05) is 23.7 Å². The van der Waals surface area contributed by atoms with E-state index in [0.29, 0.717) is 17.6 Å². The summed E-state index contributed by atoms with van der Waals surface area (Å²) < 4.78 is 1.77. The van der Waals surface area contributed by atoms with Crippen molar-refractivity contribution in [3.8, 4) is 0 Å². The van der Waals surface area contributed by atoms with Gasteiger partial charge in [-0.3, -0.25) is 9.69 Å². The number of rotatable bonds is 3. The third kappa shape index (κ3) is 3.76.